The monoisotopic (exact) mass is 264 g/mol. The van der Waals surface area contributed by atoms with Gasteiger partial charge in [0.2, 0.25) is 5.88 Å². The van der Waals surface area contributed by atoms with Crippen LogP contribution in [0, 0.1) is 18.8 Å². The number of hydrogen-bond donors (Lipinski definition) is 2. The van der Waals surface area contributed by atoms with E-state index in [4.69, 9.17) is 10.5 Å². The van der Waals surface area contributed by atoms with Crippen LogP contribution in [0.25, 0.3) is 0 Å². The maximum Gasteiger partial charge on any atom is 0.218 e. The Hall–Kier alpha value is -1.36. The Morgan fingerprint density at radius 1 is 1.32 bits per heavy atom. The fraction of sp³-hybridized carbons (Fsp3) is 0.714. The predicted octanol–water partition coefficient (Wildman–Crippen LogP) is 1.97. The first-order valence-electron chi connectivity index (χ1n) is 7.06. The van der Waals surface area contributed by atoms with Gasteiger partial charge < -0.3 is 15.8 Å². The minimum Gasteiger partial charge on any atom is -0.481 e. The van der Waals surface area contributed by atoms with Gasteiger partial charge in [-0.2, -0.15) is 4.98 Å². The number of anilines is 1. The van der Waals surface area contributed by atoms with Crippen LogP contribution in [-0.2, 0) is 0 Å². The third kappa shape index (κ3) is 3.80. The molecule has 1 aliphatic rings. The topological polar surface area (TPSA) is 73.1 Å². The molecular formula is C14H24N4O. The molecule has 0 spiro atoms. The van der Waals surface area contributed by atoms with Crippen molar-refractivity contribution in [1.82, 2.24) is 9.97 Å². The molecule has 0 aliphatic heterocycles. The number of hydrogen-bond acceptors (Lipinski definition) is 5. The molecule has 19 heavy (non-hydrogen) atoms. The minimum absolute atomic E-state index is 0.606. The lowest BCUT2D eigenvalue weighted by atomic mass is 9.79. The lowest BCUT2D eigenvalue weighted by Gasteiger charge is -2.30. The van der Waals surface area contributed by atoms with E-state index < -0.39 is 0 Å². The molecule has 2 atom stereocenters. The fourth-order valence-electron chi connectivity index (χ4n) is 2.83. The zero-order valence-corrected chi connectivity index (χ0v) is 11.9. The Balaban J connectivity index is 1.95. The first-order chi connectivity index (χ1) is 9.22. The third-order valence-corrected chi connectivity index (χ3v) is 3.94. The molecule has 1 aromatic heterocycles. The molecule has 0 saturated heterocycles. The molecule has 1 heterocycles. The van der Waals surface area contributed by atoms with Crippen molar-refractivity contribution in [1.29, 1.82) is 0 Å². The molecule has 1 fully saturated rings. The Kier molecular flexibility index (Phi) is 4.96. The quantitative estimate of drug-likeness (QED) is 0.850. The second-order valence-corrected chi connectivity index (χ2v) is 5.26. The molecule has 2 rings (SSSR count). The molecule has 3 N–H and O–H groups in total. The SMILES string of the molecule is COc1cc(NCC2CCCCC2CN)nc(C)n1. The second-order valence-electron chi connectivity index (χ2n) is 5.26. The summed E-state index contributed by atoms with van der Waals surface area (Å²) in [5, 5.41) is 3.41. The van der Waals surface area contributed by atoms with Crippen LogP contribution in [-0.4, -0.2) is 30.2 Å². The molecule has 1 aliphatic carbocycles. The summed E-state index contributed by atoms with van der Waals surface area (Å²) in [6, 6.07) is 1.84. The molecule has 0 amide bonds. The molecule has 0 bridgehead atoms. The van der Waals surface area contributed by atoms with Crippen molar-refractivity contribution in [2.24, 2.45) is 17.6 Å². The van der Waals surface area contributed by atoms with Gasteiger partial charge in [0.15, 0.2) is 0 Å². The number of aryl methyl sites for hydroxylation is 1. The summed E-state index contributed by atoms with van der Waals surface area (Å²) in [6.45, 7) is 3.59. The van der Waals surface area contributed by atoms with Gasteiger partial charge >= 0.3 is 0 Å². The van der Waals surface area contributed by atoms with Crippen LogP contribution in [0.2, 0.25) is 0 Å². The van der Waals surface area contributed by atoms with Gasteiger partial charge in [-0.1, -0.05) is 12.8 Å². The van der Waals surface area contributed by atoms with Gasteiger partial charge in [0, 0.05) is 12.6 Å². The Morgan fingerprint density at radius 3 is 2.74 bits per heavy atom. The van der Waals surface area contributed by atoms with Crippen LogP contribution in [0.5, 0.6) is 5.88 Å². The average molecular weight is 264 g/mol. The van der Waals surface area contributed by atoms with Crippen LogP contribution < -0.4 is 15.8 Å². The molecular weight excluding hydrogens is 240 g/mol. The van der Waals surface area contributed by atoms with E-state index in [-0.39, 0.29) is 0 Å². The fourth-order valence-corrected chi connectivity index (χ4v) is 2.83. The number of methoxy groups -OCH3 is 1. The smallest absolute Gasteiger partial charge is 0.218 e. The minimum atomic E-state index is 0.606. The summed E-state index contributed by atoms with van der Waals surface area (Å²) in [4.78, 5) is 8.57. The van der Waals surface area contributed by atoms with Crippen molar-refractivity contribution in [2.75, 3.05) is 25.5 Å². The average Bonchev–Trinajstić information content (AvgIpc) is 2.44. The van der Waals surface area contributed by atoms with Crippen LogP contribution in [0.1, 0.15) is 31.5 Å². The van der Waals surface area contributed by atoms with Gasteiger partial charge in [0.1, 0.15) is 11.6 Å². The number of ether oxygens (including phenoxy) is 1. The highest BCUT2D eigenvalue weighted by Crippen LogP contribution is 2.29. The van der Waals surface area contributed by atoms with Crippen molar-refractivity contribution >= 4 is 5.82 Å². The summed E-state index contributed by atoms with van der Waals surface area (Å²) >= 11 is 0. The van der Waals surface area contributed by atoms with Gasteiger partial charge in [0.25, 0.3) is 0 Å². The van der Waals surface area contributed by atoms with Crippen LogP contribution >= 0.6 is 0 Å². The van der Waals surface area contributed by atoms with Crippen molar-refractivity contribution in [3.05, 3.63) is 11.9 Å². The number of nitrogens with one attached hydrogen (secondary N) is 1. The molecule has 1 saturated carbocycles. The van der Waals surface area contributed by atoms with E-state index in [1.807, 2.05) is 13.0 Å². The normalized spacial score (nSPS) is 23.1. The van der Waals surface area contributed by atoms with E-state index in [9.17, 15) is 0 Å². The Bertz CT molecular complexity index is 410. The van der Waals surface area contributed by atoms with Crippen molar-refractivity contribution in [2.45, 2.75) is 32.6 Å². The van der Waals surface area contributed by atoms with E-state index in [1.54, 1.807) is 7.11 Å². The summed E-state index contributed by atoms with van der Waals surface area (Å²) in [6.07, 6.45) is 5.15. The van der Waals surface area contributed by atoms with E-state index >= 15 is 0 Å². The van der Waals surface area contributed by atoms with Gasteiger partial charge in [-0.05, 0) is 38.1 Å². The highest BCUT2D eigenvalue weighted by molar-refractivity contribution is 5.38. The number of nitrogens with zero attached hydrogens (tertiary/aromatic N) is 2. The summed E-state index contributed by atoms with van der Waals surface area (Å²) < 4.78 is 5.16. The standard InChI is InChI=1S/C14H24N4O/c1-10-17-13(7-14(18-10)19-2)16-9-12-6-4-3-5-11(12)8-15/h7,11-12H,3-6,8-9,15H2,1-2H3,(H,16,17,18). The van der Waals surface area contributed by atoms with Crippen molar-refractivity contribution in [3.8, 4) is 5.88 Å². The molecule has 106 valence electrons. The highest BCUT2D eigenvalue weighted by atomic mass is 16.5. The van der Waals surface area contributed by atoms with Crippen LogP contribution in [0.3, 0.4) is 0 Å². The zero-order chi connectivity index (χ0) is 13.7. The van der Waals surface area contributed by atoms with E-state index in [0.29, 0.717) is 17.7 Å². The highest BCUT2D eigenvalue weighted by Gasteiger charge is 2.23. The lowest BCUT2D eigenvalue weighted by Crippen LogP contribution is -2.31. The Labute approximate surface area is 115 Å². The predicted molar refractivity (Wildman–Crippen MR) is 76.3 cm³/mol. The van der Waals surface area contributed by atoms with Crippen molar-refractivity contribution in [3.63, 3.8) is 0 Å². The number of nitrogens with two attached hydrogens (primary N) is 1. The van der Waals surface area contributed by atoms with Gasteiger partial charge in [-0.3, -0.25) is 0 Å². The largest absolute Gasteiger partial charge is 0.481 e. The molecule has 0 aromatic carbocycles. The zero-order valence-electron chi connectivity index (χ0n) is 11.9. The number of rotatable bonds is 5. The molecule has 2 unspecified atom stereocenters. The molecule has 1 aromatic rings. The number of aromatic nitrogens is 2. The third-order valence-electron chi connectivity index (χ3n) is 3.94. The summed E-state index contributed by atoms with van der Waals surface area (Å²) in [7, 11) is 1.62. The van der Waals surface area contributed by atoms with Crippen molar-refractivity contribution < 1.29 is 4.74 Å². The molecule has 5 heteroatoms. The Morgan fingerprint density at radius 2 is 2.05 bits per heavy atom. The lowest BCUT2D eigenvalue weighted by molar-refractivity contribution is 0.255. The van der Waals surface area contributed by atoms with E-state index in [2.05, 4.69) is 15.3 Å². The molecule has 5 nitrogen and oxygen atoms in total. The summed E-state index contributed by atoms with van der Waals surface area (Å²) in [5.41, 5.74) is 5.86. The van der Waals surface area contributed by atoms with Gasteiger partial charge in [-0.15, -0.1) is 0 Å². The maximum absolute atomic E-state index is 5.86. The van der Waals surface area contributed by atoms with Gasteiger partial charge in [0.05, 0.1) is 7.11 Å². The summed E-state index contributed by atoms with van der Waals surface area (Å²) in [5.74, 6) is 3.46. The van der Waals surface area contributed by atoms with E-state index in [1.165, 1.54) is 25.7 Å². The maximum atomic E-state index is 5.86. The molecule has 0 radical (unpaired) electrons. The first-order valence-corrected chi connectivity index (χ1v) is 7.06. The van der Waals surface area contributed by atoms with E-state index in [0.717, 1.165) is 24.7 Å². The first kappa shape index (κ1) is 14.1. The van der Waals surface area contributed by atoms with Gasteiger partial charge in [-0.25, -0.2) is 4.98 Å². The second kappa shape index (κ2) is 6.70. The van der Waals surface area contributed by atoms with Crippen LogP contribution in [0.4, 0.5) is 5.82 Å². The van der Waals surface area contributed by atoms with Crippen LogP contribution in [0.15, 0.2) is 6.07 Å².